The smallest absolute Gasteiger partial charge is 0.324 e. The monoisotopic (exact) mass is 341 g/mol. The van der Waals surface area contributed by atoms with Crippen molar-refractivity contribution in [1.82, 2.24) is 0 Å². The van der Waals surface area contributed by atoms with E-state index in [1.54, 1.807) is 0 Å². The number of nitrogens with one attached hydrogen (secondary N) is 1. The fourth-order valence-corrected chi connectivity index (χ4v) is 2.44. The molecule has 0 saturated heterocycles. The average molecular weight is 342 g/mol. The van der Waals surface area contributed by atoms with Crippen LogP contribution < -0.4 is 5.32 Å². The van der Waals surface area contributed by atoms with Gasteiger partial charge in [-0.15, -0.1) is 0 Å². The minimum atomic E-state index is -4.49. The number of benzene rings is 2. The molecule has 0 aromatic heterocycles. The highest BCUT2D eigenvalue weighted by molar-refractivity contribution is 6.33. The molecule has 23 heavy (non-hydrogen) atoms. The number of hydrogen-bond acceptors (Lipinski definition) is 1. The molecule has 0 saturated carbocycles. The molecule has 2 nitrogen and oxygen atoms in total. The number of alkyl halides is 3. The van der Waals surface area contributed by atoms with Crippen molar-refractivity contribution in [2.45, 2.75) is 25.4 Å². The lowest BCUT2D eigenvalue weighted by Crippen LogP contribution is -2.21. The van der Waals surface area contributed by atoms with Gasteiger partial charge in [-0.3, -0.25) is 4.79 Å². The number of hydrogen-bond donors (Lipinski definition) is 1. The normalized spacial score (nSPS) is 12.7. The molecule has 6 heteroatoms. The van der Waals surface area contributed by atoms with E-state index in [1.807, 2.05) is 37.3 Å². The van der Waals surface area contributed by atoms with Crippen molar-refractivity contribution in [3.05, 3.63) is 64.7 Å². The zero-order valence-corrected chi connectivity index (χ0v) is 13.1. The van der Waals surface area contributed by atoms with Crippen molar-refractivity contribution in [2.75, 3.05) is 5.32 Å². The van der Waals surface area contributed by atoms with Crippen molar-refractivity contribution >= 4 is 23.2 Å². The summed E-state index contributed by atoms with van der Waals surface area (Å²) in [6.07, 6.45) is -3.97. The van der Waals surface area contributed by atoms with Crippen LogP contribution in [0.2, 0.25) is 5.02 Å². The van der Waals surface area contributed by atoms with Crippen molar-refractivity contribution in [3.63, 3.8) is 0 Å². The van der Waals surface area contributed by atoms with E-state index in [1.165, 1.54) is 0 Å². The zero-order valence-electron chi connectivity index (χ0n) is 12.3. The molecule has 1 atom stereocenters. The van der Waals surface area contributed by atoms with E-state index >= 15 is 0 Å². The maximum Gasteiger partial charge on any atom is 0.416 e. The Labute approximate surface area is 137 Å². The van der Waals surface area contributed by atoms with Crippen molar-refractivity contribution in [1.29, 1.82) is 0 Å². The molecule has 2 aromatic carbocycles. The van der Waals surface area contributed by atoms with Gasteiger partial charge in [-0.05, 0) is 30.2 Å². The molecule has 2 rings (SSSR count). The van der Waals surface area contributed by atoms with E-state index in [4.69, 9.17) is 11.6 Å². The van der Waals surface area contributed by atoms with E-state index in [0.29, 0.717) is 6.42 Å². The lowest BCUT2D eigenvalue weighted by atomic mass is 9.95. The minimum Gasteiger partial charge on any atom is -0.324 e. The van der Waals surface area contributed by atoms with Gasteiger partial charge in [0.1, 0.15) is 0 Å². The second-order valence-electron chi connectivity index (χ2n) is 5.05. The highest BCUT2D eigenvalue weighted by atomic mass is 35.5. The molecule has 0 fully saturated rings. The van der Waals surface area contributed by atoms with Crippen LogP contribution in [0.25, 0.3) is 0 Å². The standard InChI is InChI=1S/C17H15ClF3NO/c1-2-13(11-6-4-3-5-7-11)16(23)22-15-10-12(17(19,20)21)8-9-14(15)18/h3-10,13H,2H2,1H3,(H,22,23)/t13-/m0/s1. The molecule has 0 aliphatic rings. The summed E-state index contributed by atoms with van der Waals surface area (Å²) in [6, 6.07) is 11.9. The van der Waals surface area contributed by atoms with Crippen LogP contribution in [-0.4, -0.2) is 5.91 Å². The predicted octanol–water partition coefficient (Wildman–Crippen LogP) is 5.49. The van der Waals surface area contributed by atoms with Crippen LogP contribution in [0.1, 0.15) is 30.4 Å². The summed E-state index contributed by atoms with van der Waals surface area (Å²) in [4.78, 5) is 12.4. The molecule has 0 heterocycles. The van der Waals surface area contributed by atoms with Crippen LogP contribution >= 0.6 is 11.6 Å². The van der Waals surface area contributed by atoms with E-state index in [2.05, 4.69) is 5.32 Å². The van der Waals surface area contributed by atoms with Crippen molar-refractivity contribution in [3.8, 4) is 0 Å². The molecule has 0 bridgehead atoms. The summed E-state index contributed by atoms with van der Waals surface area (Å²) >= 11 is 5.90. The summed E-state index contributed by atoms with van der Waals surface area (Å²) in [7, 11) is 0. The van der Waals surface area contributed by atoms with E-state index < -0.39 is 17.7 Å². The molecular formula is C17H15ClF3NO. The minimum absolute atomic E-state index is 0.0409. The van der Waals surface area contributed by atoms with Crippen LogP contribution in [0, 0.1) is 0 Å². The van der Waals surface area contributed by atoms with Gasteiger partial charge in [-0.2, -0.15) is 13.2 Å². The van der Waals surface area contributed by atoms with E-state index in [0.717, 1.165) is 23.8 Å². The van der Waals surface area contributed by atoms with Gasteiger partial charge in [0.15, 0.2) is 0 Å². The first-order valence-electron chi connectivity index (χ1n) is 7.05. The Hall–Kier alpha value is -2.01. The zero-order chi connectivity index (χ0) is 17.0. The van der Waals surface area contributed by atoms with Crippen LogP contribution in [0.15, 0.2) is 48.5 Å². The largest absolute Gasteiger partial charge is 0.416 e. The van der Waals surface area contributed by atoms with Gasteiger partial charge >= 0.3 is 6.18 Å². The average Bonchev–Trinajstić information content (AvgIpc) is 2.50. The van der Waals surface area contributed by atoms with Crippen molar-refractivity contribution in [2.24, 2.45) is 0 Å². The molecule has 0 unspecified atom stereocenters. The van der Waals surface area contributed by atoms with Gasteiger partial charge in [-0.25, -0.2) is 0 Å². The van der Waals surface area contributed by atoms with Crippen LogP contribution in [0.3, 0.4) is 0 Å². The van der Waals surface area contributed by atoms with Crippen LogP contribution in [0.4, 0.5) is 18.9 Å². The SMILES string of the molecule is CC[C@H](C(=O)Nc1cc(C(F)(F)F)ccc1Cl)c1ccccc1. The summed E-state index contributed by atoms with van der Waals surface area (Å²) in [5, 5.41) is 2.57. The number of halogens is 4. The highest BCUT2D eigenvalue weighted by Crippen LogP contribution is 2.34. The third-order valence-corrected chi connectivity index (χ3v) is 3.81. The molecule has 1 N–H and O–H groups in total. The lowest BCUT2D eigenvalue weighted by Gasteiger charge is -2.17. The fraction of sp³-hybridized carbons (Fsp3) is 0.235. The third kappa shape index (κ3) is 4.26. The Bertz CT molecular complexity index is 686. The summed E-state index contributed by atoms with van der Waals surface area (Å²) in [5.74, 6) is -0.846. The summed E-state index contributed by atoms with van der Waals surface area (Å²) < 4.78 is 38.3. The Morgan fingerprint density at radius 3 is 2.39 bits per heavy atom. The number of carbonyl (C=O) groups is 1. The van der Waals surface area contributed by atoms with Gasteiger partial charge in [-0.1, -0.05) is 48.9 Å². The first-order valence-corrected chi connectivity index (χ1v) is 7.43. The van der Waals surface area contributed by atoms with Gasteiger partial charge in [0, 0.05) is 0 Å². The number of anilines is 1. The first kappa shape index (κ1) is 17.3. The van der Waals surface area contributed by atoms with E-state index in [-0.39, 0.29) is 16.6 Å². The Balaban J connectivity index is 2.26. The molecule has 0 aliphatic carbocycles. The van der Waals surface area contributed by atoms with Gasteiger partial charge in [0.05, 0.1) is 22.2 Å². The van der Waals surface area contributed by atoms with Gasteiger partial charge in [0.25, 0.3) is 0 Å². The topological polar surface area (TPSA) is 29.1 Å². The number of amides is 1. The molecule has 0 aliphatic heterocycles. The van der Waals surface area contributed by atoms with Gasteiger partial charge in [0.2, 0.25) is 5.91 Å². The molecule has 2 aromatic rings. The Morgan fingerprint density at radius 1 is 1.17 bits per heavy atom. The lowest BCUT2D eigenvalue weighted by molar-refractivity contribution is -0.137. The highest BCUT2D eigenvalue weighted by Gasteiger charge is 2.31. The molecular weight excluding hydrogens is 327 g/mol. The second-order valence-corrected chi connectivity index (χ2v) is 5.46. The first-order chi connectivity index (χ1) is 10.8. The summed E-state index contributed by atoms with van der Waals surface area (Å²) in [6.45, 7) is 1.84. The Morgan fingerprint density at radius 2 is 1.83 bits per heavy atom. The van der Waals surface area contributed by atoms with Gasteiger partial charge < -0.3 is 5.32 Å². The predicted molar refractivity (Wildman–Crippen MR) is 84.6 cm³/mol. The fourth-order valence-electron chi connectivity index (χ4n) is 2.28. The number of carbonyl (C=O) groups excluding carboxylic acids is 1. The number of rotatable bonds is 4. The maximum absolute atomic E-state index is 12.8. The molecule has 1 amide bonds. The maximum atomic E-state index is 12.8. The molecule has 0 radical (unpaired) electrons. The van der Waals surface area contributed by atoms with E-state index in [9.17, 15) is 18.0 Å². The quantitative estimate of drug-likeness (QED) is 0.782. The molecule has 0 spiro atoms. The second kappa shape index (κ2) is 7.04. The summed E-state index contributed by atoms with van der Waals surface area (Å²) in [5.41, 5.74) is -0.0959. The van der Waals surface area contributed by atoms with Crippen LogP contribution in [0.5, 0.6) is 0 Å². The van der Waals surface area contributed by atoms with Crippen LogP contribution in [-0.2, 0) is 11.0 Å². The third-order valence-electron chi connectivity index (χ3n) is 3.48. The Kier molecular flexibility index (Phi) is 5.31. The molecule has 122 valence electrons. The van der Waals surface area contributed by atoms with Crippen molar-refractivity contribution < 1.29 is 18.0 Å².